The molecular formula is C20H26N4O2. The highest BCUT2D eigenvalue weighted by Crippen LogP contribution is 2.27. The number of aromatic amines is 1. The Morgan fingerprint density at radius 1 is 1.31 bits per heavy atom. The van der Waals surface area contributed by atoms with Gasteiger partial charge >= 0.3 is 6.03 Å². The van der Waals surface area contributed by atoms with E-state index in [1.807, 2.05) is 17.2 Å². The van der Waals surface area contributed by atoms with Gasteiger partial charge in [0.1, 0.15) is 0 Å². The van der Waals surface area contributed by atoms with Crippen LogP contribution in [0.15, 0.2) is 43.1 Å². The maximum Gasteiger partial charge on any atom is 0.317 e. The Bertz CT molecular complexity index is 779. The monoisotopic (exact) mass is 354 g/mol. The molecule has 4 rings (SSSR count). The van der Waals surface area contributed by atoms with E-state index in [1.165, 1.54) is 11.1 Å². The van der Waals surface area contributed by atoms with Crippen LogP contribution in [0.1, 0.15) is 6.42 Å². The Morgan fingerprint density at radius 3 is 2.96 bits per heavy atom. The van der Waals surface area contributed by atoms with Crippen molar-refractivity contribution in [1.29, 1.82) is 0 Å². The summed E-state index contributed by atoms with van der Waals surface area (Å²) in [6, 6.07) is 8.46. The number of aromatic nitrogens is 1. The summed E-state index contributed by atoms with van der Waals surface area (Å²) in [6.45, 7) is 8.37. The molecular weight excluding hydrogens is 328 g/mol. The average Bonchev–Trinajstić information content (AvgIpc) is 3.34. The average molecular weight is 354 g/mol. The third-order valence-electron chi connectivity index (χ3n) is 5.49. The van der Waals surface area contributed by atoms with Crippen molar-refractivity contribution in [2.75, 3.05) is 44.2 Å². The van der Waals surface area contributed by atoms with Gasteiger partial charge in [0.2, 0.25) is 0 Å². The summed E-state index contributed by atoms with van der Waals surface area (Å²) in [7, 11) is 0. The molecule has 6 nitrogen and oxygen atoms in total. The summed E-state index contributed by atoms with van der Waals surface area (Å²) in [5.41, 5.74) is 2.39. The minimum Gasteiger partial charge on any atom is -0.374 e. The zero-order valence-corrected chi connectivity index (χ0v) is 15.0. The predicted molar refractivity (Wildman–Crippen MR) is 104 cm³/mol. The van der Waals surface area contributed by atoms with Gasteiger partial charge in [-0.15, -0.1) is 6.58 Å². The Morgan fingerprint density at radius 2 is 2.15 bits per heavy atom. The van der Waals surface area contributed by atoms with E-state index in [4.69, 9.17) is 4.74 Å². The number of amides is 2. The zero-order chi connectivity index (χ0) is 17.9. The number of H-pyrrole nitrogens is 1. The third kappa shape index (κ3) is 3.29. The highest BCUT2D eigenvalue weighted by Gasteiger charge is 2.27. The first kappa shape index (κ1) is 17.0. The third-order valence-corrected chi connectivity index (χ3v) is 5.49. The lowest BCUT2D eigenvalue weighted by Gasteiger charge is -2.36. The molecule has 2 aliphatic heterocycles. The molecule has 2 fully saturated rings. The predicted octanol–water partition coefficient (Wildman–Crippen LogP) is 2.59. The molecule has 1 aromatic heterocycles. The first-order valence-electron chi connectivity index (χ1n) is 9.34. The van der Waals surface area contributed by atoms with Gasteiger partial charge in [0.25, 0.3) is 0 Å². The molecule has 138 valence electrons. The molecule has 2 atom stereocenters. The second kappa shape index (κ2) is 7.41. The molecule has 2 N–H and O–H groups in total. The fourth-order valence-electron chi connectivity index (χ4n) is 3.96. The Balaban J connectivity index is 1.31. The van der Waals surface area contributed by atoms with Gasteiger partial charge in [0.05, 0.1) is 6.10 Å². The van der Waals surface area contributed by atoms with Gasteiger partial charge in [-0.3, -0.25) is 0 Å². The molecule has 2 aromatic rings. The van der Waals surface area contributed by atoms with Gasteiger partial charge in [0, 0.05) is 68.0 Å². The number of carbonyl (C=O) groups excluding carboxylic acids is 1. The number of nitrogens with one attached hydrogen (secondary N) is 2. The molecule has 0 spiro atoms. The Labute approximate surface area is 153 Å². The fraction of sp³-hybridized carbons (Fsp3) is 0.450. The van der Waals surface area contributed by atoms with Gasteiger partial charge < -0.3 is 24.8 Å². The van der Waals surface area contributed by atoms with E-state index >= 15 is 0 Å². The number of fused-ring (bicyclic) bond motifs is 1. The van der Waals surface area contributed by atoms with E-state index in [0.29, 0.717) is 12.5 Å². The smallest absolute Gasteiger partial charge is 0.317 e. The fourth-order valence-corrected chi connectivity index (χ4v) is 3.96. The van der Waals surface area contributed by atoms with Crippen molar-refractivity contribution in [2.24, 2.45) is 5.92 Å². The molecule has 6 heteroatoms. The van der Waals surface area contributed by atoms with Gasteiger partial charge in [0.15, 0.2) is 0 Å². The standard InChI is InChI=1S/C20H26N4O2/c1-2-19-15(7-13-26-19)14-22-20(25)24-11-9-23(10-12-24)18-5-3-4-17-16(18)6-8-21-17/h2-6,8,15,19,21H,1,7,9-14H2,(H,22,25)/t15-,19-/m0/s1. The van der Waals surface area contributed by atoms with Crippen molar-refractivity contribution in [2.45, 2.75) is 12.5 Å². The Kier molecular flexibility index (Phi) is 4.84. The molecule has 0 bridgehead atoms. The minimum absolute atomic E-state index is 0.0271. The van der Waals surface area contributed by atoms with E-state index in [-0.39, 0.29) is 12.1 Å². The van der Waals surface area contributed by atoms with Crippen LogP contribution in [-0.4, -0.2) is 61.3 Å². The van der Waals surface area contributed by atoms with E-state index < -0.39 is 0 Å². The minimum atomic E-state index is 0.0271. The van der Waals surface area contributed by atoms with Crippen LogP contribution in [0.4, 0.5) is 10.5 Å². The number of hydrogen-bond donors (Lipinski definition) is 2. The summed E-state index contributed by atoms with van der Waals surface area (Å²) >= 11 is 0. The molecule has 2 amide bonds. The van der Waals surface area contributed by atoms with Gasteiger partial charge in [-0.05, 0) is 24.6 Å². The SMILES string of the molecule is C=C[C@@H]1OCC[C@H]1CNC(=O)N1CCN(c2cccc3[nH]ccc23)CC1. The van der Waals surface area contributed by atoms with Gasteiger partial charge in [-0.2, -0.15) is 0 Å². The van der Waals surface area contributed by atoms with E-state index in [1.54, 1.807) is 0 Å². The molecule has 26 heavy (non-hydrogen) atoms. The van der Waals surface area contributed by atoms with Crippen LogP contribution >= 0.6 is 0 Å². The summed E-state index contributed by atoms with van der Waals surface area (Å²) < 4.78 is 5.59. The maximum absolute atomic E-state index is 12.5. The lowest BCUT2D eigenvalue weighted by atomic mass is 10.0. The first-order valence-corrected chi connectivity index (χ1v) is 9.34. The Hall–Kier alpha value is -2.47. The summed E-state index contributed by atoms with van der Waals surface area (Å²) in [4.78, 5) is 20.0. The van der Waals surface area contributed by atoms with Crippen molar-refractivity contribution in [3.05, 3.63) is 43.1 Å². The number of rotatable bonds is 4. The molecule has 0 saturated carbocycles. The summed E-state index contributed by atoms with van der Waals surface area (Å²) in [5.74, 6) is 0.337. The number of urea groups is 1. The van der Waals surface area contributed by atoms with Crippen LogP contribution in [0.2, 0.25) is 0 Å². The lowest BCUT2D eigenvalue weighted by molar-refractivity contribution is 0.127. The molecule has 0 aliphatic carbocycles. The lowest BCUT2D eigenvalue weighted by Crippen LogP contribution is -2.52. The number of benzene rings is 1. The molecule has 1 aromatic carbocycles. The topological polar surface area (TPSA) is 60.6 Å². The quantitative estimate of drug-likeness (QED) is 0.830. The number of piperazine rings is 1. The molecule has 2 saturated heterocycles. The van der Waals surface area contributed by atoms with E-state index in [2.05, 4.69) is 46.0 Å². The van der Waals surface area contributed by atoms with Crippen LogP contribution in [0.5, 0.6) is 0 Å². The maximum atomic E-state index is 12.5. The largest absolute Gasteiger partial charge is 0.374 e. The van der Waals surface area contributed by atoms with Crippen LogP contribution in [0.25, 0.3) is 10.9 Å². The van der Waals surface area contributed by atoms with Crippen LogP contribution in [-0.2, 0) is 4.74 Å². The van der Waals surface area contributed by atoms with E-state index in [0.717, 1.165) is 44.7 Å². The van der Waals surface area contributed by atoms with Crippen molar-refractivity contribution >= 4 is 22.6 Å². The van der Waals surface area contributed by atoms with Crippen molar-refractivity contribution in [3.8, 4) is 0 Å². The van der Waals surface area contributed by atoms with Gasteiger partial charge in [-0.1, -0.05) is 12.1 Å². The van der Waals surface area contributed by atoms with E-state index in [9.17, 15) is 4.79 Å². The number of ether oxygens (including phenoxy) is 1. The molecule has 0 radical (unpaired) electrons. The molecule has 2 aliphatic rings. The van der Waals surface area contributed by atoms with Crippen LogP contribution < -0.4 is 10.2 Å². The number of carbonyl (C=O) groups is 1. The highest BCUT2D eigenvalue weighted by atomic mass is 16.5. The molecule has 0 unspecified atom stereocenters. The normalized spacial score (nSPS) is 23.4. The zero-order valence-electron chi connectivity index (χ0n) is 15.0. The highest BCUT2D eigenvalue weighted by molar-refractivity contribution is 5.92. The van der Waals surface area contributed by atoms with Crippen molar-refractivity contribution in [1.82, 2.24) is 15.2 Å². The summed E-state index contributed by atoms with van der Waals surface area (Å²) in [6.07, 6.45) is 4.85. The van der Waals surface area contributed by atoms with Crippen LogP contribution in [0, 0.1) is 5.92 Å². The summed E-state index contributed by atoms with van der Waals surface area (Å²) in [5, 5.41) is 4.31. The molecule has 3 heterocycles. The van der Waals surface area contributed by atoms with Gasteiger partial charge in [-0.25, -0.2) is 4.79 Å². The number of nitrogens with zero attached hydrogens (tertiary/aromatic N) is 2. The van der Waals surface area contributed by atoms with Crippen LogP contribution in [0.3, 0.4) is 0 Å². The van der Waals surface area contributed by atoms with Crippen molar-refractivity contribution in [3.63, 3.8) is 0 Å². The number of hydrogen-bond acceptors (Lipinski definition) is 3. The second-order valence-corrected chi connectivity index (χ2v) is 7.00. The second-order valence-electron chi connectivity index (χ2n) is 7.00. The number of anilines is 1. The van der Waals surface area contributed by atoms with Crippen molar-refractivity contribution < 1.29 is 9.53 Å². The first-order chi connectivity index (χ1) is 12.8.